The van der Waals surface area contributed by atoms with Gasteiger partial charge in [0.05, 0.1) is 12.2 Å². The number of H-pyrrole nitrogens is 1. The van der Waals surface area contributed by atoms with Crippen LogP contribution < -0.4 is 5.32 Å². The summed E-state index contributed by atoms with van der Waals surface area (Å²) in [5.41, 5.74) is 1.12. The molecule has 2 aromatic rings. The molecule has 0 aliphatic rings. The Labute approximate surface area is 88.5 Å². The highest BCUT2D eigenvalue weighted by Crippen LogP contribution is 2.17. The zero-order valence-electron chi connectivity index (χ0n) is 8.94. The molecule has 0 aliphatic heterocycles. The molecule has 0 radical (unpaired) electrons. The second-order valence-corrected chi connectivity index (χ2v) is 3.41. The Bertz CT molecular complexity index is 403. The van der Waals surface area contributed by atoms with Crippen LogP contribution in [0.25, 0.3) is 0 Å². The lowest BCUT2D eigenvalue weighted by Crippen LogP contribution is -2.22. The third kappa shape index (κ3) is 2.07. The number of aryl methyl sites for hydroxylation is 1. The molecule has 5 nitrogen and oxygen atoms in total. The van der Waals surface area contributed by atoms with Crippen LogP contribution in [0.1, 0.15) is 24.4 Å². The Morgan fingerprint density at radius 3 is 3.00 bits per heavy atom. The number of aromatic amines is 1. The molecule has 2 N–H and O–H groups in total. The maximum absolute atomic E-state index is 4.27. The summed E-state index contributed by atoms with van der Waals surface area (Å²) < 4.78 is 1.79. The summed E-state index contributed by atoms with van der Waals surface area (Å²) in [5, 5.41) is 7.53. The Morgan fingerprint density at radius 1 is 1.60 bits per heavy atom. The second-order valence-electron chi connectivity index (χ2n) is 3.41. The summed E-state index contributed by atoms with van der Waals surface area (Å²) in [6.45, 7) is 2.96. The Balaban J connectivity index is 2.27. The average Bonchev–Trinajstić information content (AvgIpc) is 2.85. The number of hydrogen-bond donors (Lipinski definition) is 2. The molecule has 0 amide bonds. The molecule has 0 bridgehead atoms. The lowest BCUT2D eigenvalue weighted by atomic mass is 10.1. The summed E-state index contributed by atoms with van der Waals surface area (Å²) in [5.74, 6) is 0.921. The van der Waals surface area contributed by atoms with Gasteiger partial charge in [-0.3, -0.25) is 4.68 Å². The van der Waals surface area contributed by atoms with Gasteiger partial charge in [-0.1, -0.05) is 6.92 Å². The van der Waals surface area contributed by atoms with Crippen LogP contribution in [0, 0.1) is 0 Å². The molecule has 0 saturated carbocycles. The van der Waals surface area contributed by atoms with Crippen LogP contribution in [-0.4, -0.2) is 26.3 Å². The van der Waals surface area contributed by atoms with Gasteiger partial charge in [0.2, 0.25) is 0 Å². The highest BCUT2D eigenvalue weighted by molar-refractivity contribution is 5.19. The van der Waals surface area contributed by atoms with Crippen molar-refractivity contribution in [2.45, 2.75) is 13.0 Å². The van der Waals surface area contributed by atoms with Crippen molar-refractivity contribution in [1.29, 1.82) is 0 Å². The van der Waals surface area contributed by atoms with Crippen molar-refractivity contribution in [3.63, 3.8) is 0 Å². The molecule has 15 heavy (non-hydrogen) atoms. The van der Waals surface area contributed by atoms with E-state index < -0.39 is 0 Å². The van der Waals surface area contributed by atoms with Crippen molar-refractivity contribution in [3.8, 4) is 0 Å². The lowest BCUT2D eigenvalue weighted by molar-refractivity contribution is 0.603. The van der Waals surface area contributed by atoms with Gasteiger partial charge in [-0.15, -0.1) is 0 Å². The normalized spacial score (nSPS) is 12.9. The average molecular weight is 205 g/mol. The van der Waals surface area contributed by atoms with Crippen molar-refractivity contribution in [2.75, 3.05) is 6.54 Å². The van der Waals surface area contributed by atoms with Gasteiger partial charge in [-0.25, -0.2) is 4.98 Å². The van der Waals surface area contributed by atoms with Crippen molar-refractivity contribution < 1.29 is 0 Å². The van der Waals surface area contributed by atoms with Crippen molar-refractivity contribution in [1.82, 2.24) is 25.1 Å². The summed E-state index contributed by atoms with van der Waals surface area (Å²) in [6.07, 6.45) is 7.44. The van der Waals surface area contributed by atoms with Crippen LogP contribution in [0.5, 0.6) is 0 Å². The predicted molar refractivity (Wildman–Crippen MR) is 57.3 cm³/mol. The van der Waals surface area contributed by atoms with Gasteiger partial charge in [-0.05, 0) is 6.54 Å². The smallest absolute Gasteiger partial charge is 0.127 e. The molecule has 2 rings (SSSR count). The van der Waals surface area contributed by atoms with Crippen molar-refractivity contribution in [3.05, 3.63) is 36.2 Å². The Kier molecular flexibility index (Phi) is 2.82. The fourth-order valence-corrected chi connectivity index (χ4v) is 1.60. The van der Waals surface area contributed by atoms with Crippen LogP contribution in [0.4, 0.5) is 0 Å². The fourth-order valence-electron chi connectivity index (χ4n) is 1.60. The van der Waals surface area contributed by atoms with E-state index in [0.717, 1.165) is 17.9 Å². The summed E-state index contributed by atoms with van der Waals surface area (Å²) in [6, 6.07) is 0.0960. The van der Waals surface area contributed by atoms with Gasteiger partial charge in [-0.2, -0.15) is 5.10 Å². The summed E-state index contributed by atoms with van der Waals surface area (Å²) in [7, 11) is 1.91. The highest BCUT2D eigenvalue weighted by Gasteiger charge is 2.16. The molecule has 0 aliphatic carbocycles. The minimum absolute atomic E-state index is 0.0960. The quantitative estimate of drug-likeness (QED) is 0.777. The van der Waals surface area contributed by atoms with E-state index in [0.29, 0.717) is 0 Å². The number of nitrogens with one attached hydrogen (secondary N) is 2. The highest BCUT2D eigenvalue weighted by atomic mass is 15.2. The van der Waals surface area contributed by atoms with Crippen molar-refractivity contribution >= 4 is 0 Å². The topological polar surface area (TPSA) is 58.5 Å². The zero-order valence-corrected chi connectivity index (χ0v) is 8.94. The molecular formula is C10H15N5. The first-order chi connectivity index (χ1) is 7.31. The first kappa shape index (κ1) is 9.92. The molecule has 5 heteroatoms. The number of rotatable bonds is 4. The minimum atomic E-state index is 0.0960. The third-order valence-electron chi connectivity index (χ3n) is 2.26. The van der Waals surface area contributed by atoms with Gasteiger partial charge >= 0.3 is 0 Å². The monoisotopic (exact) mass is 205 g/mol. The zero-order chi connectivity index (χ0) is 10.7. The number of aromatic nitrogens is 4. The number of imidazole rings is 1. The van der Waals surface area contributed by atoms with Crippen molar-refractivity contribution in [2.24, 2.45) is 7.05 Å². The van der Waals surface area contributed by atoms with Gasteiger partial charge in [0.25, 0.3) is 0 Å². The predicted octanol–water partition coefficient (Wildman–Crippen LogP) is 0.842. The first-order valence-electron chi connectivity index (χ1n) is 5.02. The molecule has 1 atom stereocenters. The van der Waals surface area contributed by atoms with Crippen LogP contribution in [0.3, 0.4) is 0 Å². The summed E-state index contributed by atoms with van der Waals surface area (Å²) in [4.78, 5) is 7.38. The largest absolute Gasteiger partial charge is 0.347 e. The molecule has 0 saturated heterocycles. The molecular weight excluding hydrogens is 190 g/mol. The Morgan fingerprint density at radius 2 is 2.47 bits per heavy atom. The first-order valence-corrected chi connectivity index (χ1v) is 5.02. The lowest BCUT2D eigenvalue weighted by Gasteiger charge is -2.13. The van der Waals surface area contributed by atoms with E-state index in [4.69, 9.17) is 0 Å². The Hall–Kier alpha value is -1.62. The van der Waals surface area contributed by atoms with E-state index in [1.54, 1.807) is 10.9 Å². The molecule has 1 unspecified atom stereocenters. The molecule has 80 valence electrons. The molecule has 2 aromatic heterocycles. The van der Waals surface area contributed by atoms with E-state index in [9.17, 15) is 0 Å². The molecule has 0 spiro atoms. The van der Waals surface area contributed by atoms with Crippen LogP contribution in [0.15, 0.2) is 24.8 Å². The van der Waals surface area contributed by atoms with E-state index in [1.165, 1.54) is 0 Å². The molecule has 0 aromatic carbocycles. The maximum Gasteiger partial charge on any atom is 0.127 e. The van der Waals surface area contributed by atoms with Gasteiger partial charge in [0.15, 0.2) is 0 Å². The maximum atomic E-state index is 4.27. The number of hydrogen-bond acceptors (Lipinski definition) is 3. The SMILES string of the molecule is CCNC(c1cnn(C)c1)c1ncc[nH]1. The van der Waals surface area contributed by atoms with E-state index >= 15 is 0 Å². The van der Waals surface area contributed by atoms with E-state index in [1.807, 2.05) is 25.6 Å². The van der Waals surface area contributed by atoms with Crippen LogP contribution in [-0.2, 0) is 7.05 Å². The van der Waals surface area contributed by atoms with Gasteiger partial charge in [0, 0.05) is 31.2 Å². The minimum Gasteiger partial charge on any atom is -0.347 e. The van der Waals surface area contributed by atoms with E-state index in [-0.39, 0.29) is 6.04 Å². The third-order valence-corrected chi connectivity index (χ3v) is 2.26. The van der Waals surface area contributed by atoms with Gasteiger partial charge < -0.3 is 10.3 Å². The fraction of sp³-hybridized carbons (Fsp3) is 0.400. The van der Waals surface area contributed by atoms with Crippen LogP contribution >= 0.6 is 0 Å². The second kappa shape index (κ2) is 4.27. The number of nitrogens with zero attached hydrogens (tertiary/aromatic N) is 3. The molecule has 0 fully saturated rings. The standard InChI is InChI=1S/C10H15N5/c1-3-11-9(10-12-4-5-13-10)8-6-14-15(2)7-8/h4-7,9,11H,3H2,1-2H3,(H,12,13). The van der Waals surface area contributed by atoms with E-state index in [2.05, 4.69) is 27.3 Å². The molecule has 2 heterocycles. The van der Waals surface area contributed by atoms with Gasteiger partial charge in [0.1, 0.15) is 5.82 Å². The summed E-state index contributed by atoms with van der Waals surface area (Å²) >= 11 is 0. The van der Waals surface area contributed by atoms with Crippen LogP contribution in [0.2, 0.25) is 0 Å².